The number of hydrogen-bond donors (Lipinski definition) is 2. The highest BCUT2D eigenvalue weighted by Gasteiger charge is 2.07. The molecule has 0 aliphatic heterocycles. The van der Waals surface area contributed by atoms with Gasteiger partial charge in [0.05, 0.1) is 13.2 Å². The average molecular weight is 927 g/mol. The second-order valence-electron chi connectivity index (χ2n) is 19.6. The maximum atomic E-state index is 12.2. The second-order valence-corrected chi connectivity index (χ2v) is 19.6. The molecule has 0 fully saturated rings. The quantitative estimate of drug-likeness (QED) is 0.0359. The minimum absolute atomic E-state index is 0.00365. The molecule has 0 rings (SSSR count). The van der Waals surface area contributed by atoms with E-state index in [4.69, 9.17) is 10.5 Å². The normalized spacial score (nSPS) is 12.3. The Bertz CT molecular complexity index is 1060. The third kappa shape index (κ3) is 53.2. The van der Waals surface area contributed by atoms with Crippen molar-refractivity contribution < 1.29 is 14.6 Å². The summed E-state index contributed by atoms with van der Waals surface area (Å²) in [6, 6.07) is 0. The summed E-state index contributed by atoms with van der Waals surface area (Å²) in [4.78, 5) is 17.3. The lowest BCUT2D eigenvalue weighted by molar-refractivity contribution is -0.143. The van der Waals surface area contributed by atoms with Crippen LogP contribution in [0.3, 0.4) is 0 Å². The molecule has 388 valence electrons. The van der Waals surface area contributed by atoms with Crippen LogP contribution >= 0.6 is 0 Å². The van der Waals surface area contributed by atoms with E-state index in [0.29, 0.717) is 13.0 Å². The number of allylic oxidation sites excluding steroid dienone is 8. The number of carbonyl (C=O) groups excluding carboxylic acids is 1. The van der Waals surface area contributed by atoms with Crippen LogP contribution in [0, 0.1) is 0 Å². The van der Waals surface area contributed by atoms with Crippen LogP contribution in [0.25, 0.3) is 0 Å². The van der Waals surface area contributed by atoms with E-state index in [1.807, 2.05) is 0 Å². The van der Waals surface area contributed by atoms with Gasteiger partial charge in [-0.05, 0) is 129 Å². The van der Waals surface area contributed by atoms with Gasteiger partial charge in [0.25, 0.3) is 0 Å². The van der Waals surface area contributed by atoms with Crippen molar-refractivity contribution in [2.75, 3.05) is 59.0 Å². The van der Waals surface area contributed by atoms with Crippen molar-refractivity contribution >= 4 is 5.97 Å². The van der Waals surface area contributed by atoms with Crippen molar-refractivity contribution in [3.05, 3.63) is 48.6 Å². The van der Waals surface area contributed by atoms with E-state index in [9.17, 15) is 9.90 Å². The number of nitrogens with zero attached hydrogens (tertiary/aromatic N) is 2. The fourth-order valence-corrected chi connectivity index (χ4v) is 8.89. The molecule has 0 radical (unpaired) electrons. The van der Waals surface area contributed by atoms with E-state index in [1.165, 1.54) is 225 Å². The van der Waals surface area contributed by atoms with Crippen LogP contribution in [0.5, 0.6) is 0 Å². The van der Waals surface area contributed by atoms with E-state index >= 15 is 0 Å². The number of unbranched alkanes of at least 4 members (excludes halogenated alkanes) is 31. The molecule has 0 bridgehead atoms. The Morgan fingerprint density at radius 2 is 0.712 bits per heavy atom. The predicted molar refractivity (Wildman–Crippen MR) is 293 cm³/mol. The maximum absolute atomic E-state index is 12.2. The minimum atomic E-state index is -0.00365. The van der Waals surface area contributed by atoms with Gasteiger partial charge >= 0.3 is 5.97 Å². The molecule has 0 spiro atoms. The molecule has 0 saturated heterocycles. The molecule has 0 aliphatic rings. The first-order chi connectivity index (χ1) is 32.7. The highest BCUT2D eigenvalue weighted by Crippen LogP contribution is 2.14. The number of esters is 1. The topological polar surface area (TPSA) is 79.0 Å². The van der Waals surface area contributed by atoms with Gasteiger partial charge in [0.2, 0.25) is 0 Å². The van der Waals surface area contributed by atoms with Crippen molar-refractivity contribution in [3.8, 4) is 0 Å². The van der Waals surface area contributed by atoms with Gasteiger partial charge in [-0.15, -0.1) is 0 Å². The molecule has 6 heteroatoms. The minimum Gasteiger partial charge on any atom is -0.466 e. The van der Waals surface area contributed by atoms with Crippen LogP contribution in [0.15, 0.2) is 48.6 Å². The van der Waals surface area contributed by atoms with Gasteiger partial charge in [-0.25, -0.2) is 0 Å². The predicted octanol–water partition coefficient (Wildman–Crippen LogP) is 17.0. The van der Waals surface area contributed by atoms with Crippen LogP contribution in [0.4, 0.5) is 0 Å². The number of ether oxygens (including phenoxy) is 1. The largest absolute Gasteiger partial charge is 0.466 e. The summed E-state index contributed by atoms with van der Waals surface area (Å²) in [5.74, 6) is -0.00365. The third-order valence-electron chi connectivity index (χ3n) is 13.2. The van der Waals surface area contributed by atoms with Crippen molar-refractivity contribution in [1.29, 1.82) is 0 Å². The van der Waals surface area contributed by atoms with E-state index in [-0.39, 0.29) is 12.6 Å². The number of aliphatic hydroxyl groups is 1. The summed E-state index contributed by atoms with van der Waals surface area (Å²) in [5.41, 5.74) is 5.94. The summed E-state index contributed by atoms with van der Waals surface area (Å²) in [6.45, 7) is 12.6. The first kappa shape index (κ1) is 64.3. The van der Waals surface area contributed by atoms with E-state index in [2.05, 4.69) is 72.3 Å². The molecule has 0 aromatic rings. The van der Waals surface area contributed by atoms with Gasteiger partial charge in [-0.3, -0.25) is 4.79 Å². The Kier molecular flexibility index (Phi) is 56.1. The highest BCUT2D eigenvalue weighted by atomic mass is 16.5. The second kappa shape index (κ2) is 57.6. The van der Waals surface area contributed by atoms with Crippen LogP contribution in [0.2, 0.25) is 0 Å². The molecule has 0 aromatic carbocycles. The smallest absolute Gasteiger partial charge is 0.305 e. The third-order valence-corrected chi connectivity index (χ3v) is 13.2. The first-order valence-electron chi connectivity index (χ1n) is 29.2. The Balaban J connectivity index is 3.56. The first-order valence-corrected chi connectivity index (χ1v) is 29.2. The van der Waals surface area contributed by atoms with Crippen molar-refractivity contribution in [3.63, 3.8) is 0 Å². The Morgan fingerprint density at radius 1 is 0.394 bits per heavy atom. The van der Waals surface area contributed by atoms with Crippen molar-refractivity contribution in [2.45, 2.75) is 271 Å². The fourth-order valence-electron chi connectivity index (χ4n) is 8.89. The van der Waals surface area contributed by atoms with Crippen LogP contribution in [-0.2, 0) is 9.53 Å². The van der Waals surface area contributed by atoms with E-state index < -0.39 is 0 Å². The zero-order valence-corrected chi connectivity index (χ0v) is 44.5. The average Bonchev–Trinajstić information content (AvgIpc) is 3.32. The Morgan fingerprint density at radius 3 is 1.08 bits per heavy atom. The van der Waals surface area contributed by atoms with Gasteiger partial charge in [0.1, 0.15) is 0 Å². The van der Waals surface area contributed by atoms with Crippen molar-refractivity contribution in [2.24, 2.45) is 5.73 Å². The molecule has 66 heavy (non-hydrogen) atoms. The summed E-state index contributed by atoms with van der Waals surface area (Å²) in [6.07, 6.45) is 68.7. The molecule has 0 unspecified atom stereocenters. The van der Waals surface area contributed by atoms with Crippen LogP contribution in [0.1, 0.15) is 271 Å². The monoisotopic (exact) mass is 926 g/mol. The molecular weight excluding hydrogens is 811 g/mol. The van der Waals surface area contributed by atoms with Gasteiger partial charge in [0, 0.05) is 26.1 Å². The standard InChI is InChI=1S/C60H115N3O3/c1-3-5-7-9-11-13-15-17-19-21-23-25-27-33-39-45-52-62(56-51-61)53-46-40-36-31-32-38-44-50-60(65)66-59-49-43-37-30-29-35-42-48-55-63(57-58-64)54-47-41-34-28-26-24-22-20-18-16-14-12-10-8-6-4-2/h11-14,17-20,64H,3-10,15-16,21-59,61H2,1-2H3/b13-11-,14-12-,19-17-,20-18-. The van der Waals surface area contributed by atoms with Gasteiger partial charge in [-0.2, -0.15) is 0 Å². The van der Waals surface area contributed by atoms with Crippen LogP contribution in [-0.4, -0.2) is 79.9 Å². The van der Waals surface area contributed by atoms with Crippen molar-refractivity contribution in [1.82, 2.24) is 9.80 Å². The lowest BCUT2D eigenvalue weighted by Crippen LogP contribution is -2.31. The van der Waals surface area contributed by atoms with E-state index in [1.54, 1.807) is 0 Å². The number of rotatable bonds is 55. The Hall–Kier alpha value is -1.73. The Labute approximate surface area is 412 Å². The molecule has 0 aliphatic carbocycles. The molecule has 0 amide bonds. The number of hydrogen-bond acceptors (Lipinski definition) is 6. The van der Waals surface area contributed by atoms with Gasteiger partial charge in [-0.1, -0.05) is 210 Å². The lowest BCUT2D eigenvalue weighted by atomic mass is 10.1. The van der Waals surface area contributed by atoms with Gasteiger partial charge in [0.15, 0.2) is 0 Å². The SMILES string of the molecule is CCCCC/C=C\C/C=C\CCCCCCCCN(CCN)CCCCCCCCCC(=O)OCCCCCCCCCCN(CCO)CCCCCCCC/C=C\C/C=C\CCCCC. The molecular formula is C60H115N3O3. The number of aliphatic hydroxyl groups excluding tert-OH is 1. The summed E-state index contributed by atoms with van der Waals surface area (Å²) >= 11 is 0. The lowest BCUT2D eigenvalue weighted by Gasteiger charge is -2.21. The fraction of sp³-hybridized carbons (Fsp3) is 0.850. The number of carbonyl (C=O) groups is 1. The zero-order valence-electron chi connectivity index (χ0n) is 44.5. The molecule has 0 heterocycles. The zero-order chi connectivity index (χ0) is 47.7. The number of nitrogens with two attached hydrogens (primary N) is 1. The van der Waals surface area contributed by atoms with Crippen LogP contribution < -0.4 is 5.73 Å². The highest BCUT2D eigenvalue weighted by molar-refractivity contribution is 5.69. The summed E-state index contributed by atoms with van der Waals surface area (Å²) in [7, 11) is 0. The van der Waals surface area contributed by atoms with E-state index in [0.717, 1.165) is 71.2 Å². The summed E-state index contributed by atoms with van der Waals surface area (Å²) in [5, 5.41) is 9.55. The molecule has 3 N–H and O–H groups in total. The maximum Gasteiger partial charge on any atom is 0.305 e. The molecule has 6 nitrogen and oxygen atoms in total. The van der Waals surface area contributed by atoms with Gasteiger partial charge < -0.3 is 25.4 Å². The molecule has 0 saturated carbocycles. The molecule has 0 aromatic heterocycles. The molecule has 0 atom stereocenters. The summed E-state index contributed by atoms with van der Waals surface area (Å²) < 4.78 is 5.53.